The fourth-order valence-electron chi connectivity index (χ4n) is 11.2. The Labute approximate surface area is 464 Å². The first kappa shape index (κ1) is 53.9. The Bertz CT molecular complexity index is 3840. The van der Waals surface area contributed by atoms with Crippen molar-refractivity contribution in [1.82, 2.24) is 44.6 Å². The van der Waals surface area contributed by atoms with E-state index in [0.717, 1.165) is 76.1 Å². The highest BCUT2D eigenvalue weighted by molar-refractivity contribution is 7.18. The molecule has 0 spiro atoms. The number of ether oxygens (including phenoxy) is 2. The Hall–Kier alpha value is -8.06. The van der Waals surface area contributed by atoms with Crippen LogP contribution >= 0.6 is 22.7 Å². The van der Waals surface area contributed by atoms with Crippen LogP contribution < -0.4 is 20.9 Å². The molecule has 4 saturated heterocycles. The Morgan fingerprint density at radius 3 is 1.99 bits per heavy atom. The maximum atomic E-state index is 15.2. The number of anilines is 2. The van der Waals surface area contributed by atoms with E-state index in [2.05, 4.69) is 44.6 Å². The minimum Gasteiger partial charge on any atom is -0.463 e. The summed E-state index contributed by atoms with van der Waals surface area (Å²) in [6, 6.07) is 14.0. The van der Waals surface area contributed by atoms with E-state index >= 15 is 4.39 Å². The van der Waals surface area contributed by atoms with Gasteiger partial charge in [-0.25, -0.2) is 38.3 Å². The van der Waals surface area contributed by atoms with E-state index in [1.165, 1.54) is 64.8 Å². The highest BCUT2D eigenvalue weighted by Gasteiger charge is 2.38. The number of carbonyl (C=O) groups excluding carboxylic acids is 6. The molecule has 6 aromatic heterocycles. The molecule has 0 bridgehead atoms. The fourth-order valence-corrected chi connectivity index (χ4v) is 13.0. The number of amides is 3. The smallest absolute Gasteiger partial charge is 0.419 e. The van der Waals surface area contributed by atoms with Gasteiger partial charge in [0.25, 0.3) is 17.6 Å². The summed E-state index contributed by atoms with van der Waals surface area (Å²) in [5.74, 6) is -3.29. The van der Waals surface area contributed by atoms with E-state index in [4.69, 9.17) is 20.4 Å². The van der Waals surface area contributed by atoms with Crippen LogP contribution in [0.15, 0.2) is 71.7 Å². The normalized spacial score (nSPS) is 18.5. The van der Waals surface area contributed by atoms with Gasteiger partial charge in [-0.15, -0.1) is 22.7 Å². The monoisotopic (exact) mass is 1130 g/mol. The fraction of sp³-hybridized carbons (Fsp3) is 0.357. The first-order chi connectivity index (χ1) is 38.4. The second kappa shape index (κ2) is 21.9. The lowest BCUT2D eigenvalue weighted by atomic mass is 9.98. The van der Waals surface area contributed by atoms with Gasteiger partial charge in [0.2, 0.25) is 17.8 Å². The van der Waals surface area contributed by atoms with E-state index in [9.17, 15) is 33.2 Å². The molecule has 8 aromatic rings. The second-order valence-electron chi connectivity index (χ2n) is 21.1. The van der Waals surface area contributed by atoms with Gasteiger partial charge in [-0.05, 0) is 107 Å². The molecular formula is C56H56F2N12O8S2. The van der Waals surface area contributed by atoms with Gasteiger partial charge in [-0.3, -0.25) is 38.9 Å². The number of primary amides is 1. The number of esters is 1. The lowest BCUT2D eigenvalue weighted by molar-refractivity contribution is -0.135. The predicted molar refractivity (Wildman–Crippen MR) is 299 cm³/mol. The lowest BCUT2D eigenvalue weighted by Crippen LogP contribution is -2.50. The highest BCUT2D eigenvalue weighted by atomic mass is 32.1. The number of hydrogen-bond donors (Lipinski definition) is 3. The van der Waals surface area contributed by atoms with Crippen molar-refractivity contribution < 1.29 is 47.0 Å². The first-order valence-electron chi connectivity index (χ1n) is 26.2. The predicted octanol–water partition coefficient (Wildman–Crippen LogP) is 7.09. The number of imide groups is 1. The molecule has 13 rings (SSSR count). The second-order valence-corrected chi connectivity index (χ2v) is 22.9. The molecular weight excluding hydrogens is 1070 g/mol. The zero-order valence-corrected chi connectivity index (χ0v) is 45.8. The van der Waals surface area contributed by atoms with E-state index < -0.39 is 52.8 Å². The summed E-state index contributed by atoms with van der Waals surface area (Å²) in [4.78, 5) is 104. The van der Waals surface area contributed by atoms with Crippen LogP contribution in [0.3, 0.4) is 0 Å². The largest absolute Gasteiger partial charge is 0.463 e. The summed E-state index contributed by atoms with van der Waals surface area (Å²) in [6.07, 6.45) is 7.07. The van der Waals surface area contributed by atoms with Gasteiger partial charge in [0.05, 0.1) is 83.9 Å². The van der Waals surface area contributed by atoms with Gasteiger partial charge < -0.3 is 30.0 Å². The molecule has 0 saturated carbocycles. The Morgan fingerprint density at radius 1 is 0.750 bits per heavy atom. The molecule has 0 unspecified atom stereocenters. The highest BCUT2D eigenvalue weighted by Crippen LogP contribution is 2.40. The van der Waals surface area contributed by atoms with Crippen LogP contribution in [-0.4, -0.2) is 152 Å². The van der Waals surface area contributed by atoms with Crippen LogP contribution in [0.1, 0.15) is 73.8 Å². The van der Waals surface area contributed by atoms with Gasteiger partial charge in [0, 0.05) is 69.3 Å². The zero-order valence-electron chi connectivity index (χ0n) is 44.2. The van der Waals surface area contributed by atoms with Gasteiger partial charge >= 0.3 is 12.1 Å². The van der Waals surface area contributed by atoms with Crippen LogP contribution in [0.4, 0.5) is 25.5 Å². The molecule has 0 aliphatic carbocycles. The van der Waals surface area contributed by atoms with Gasteiger partial charge in [0.1, 0.15) is 17.2 Å². The van der Waals surface area contributed by atoms with Crippen molar-refractivity contribution in [2.75, 3.05) is 69.3 Å². The molecule has 2 atom stereocenters. The number of aromatic amines is 1. The summed E-state index contributed by atoms with van der Waals surface area (Å²) in [5.41, 5.74) is 8.56. The molecule has 4 fully saturated rings. The van der Waals surface area contributed by atoms with Gasteiger partial charge in [0.15, 0.2) is 0 Å². The summed E-state index contributed by atoms with van der Waals surface area (Å²) >= 11 is 2.74. The van der Waals surface area contributed by atoms with Crippen LogP contribution in [0, 0.1) is 11.6 Å². The number of fused-ring (bicyclic) bond motifs is 6. The Morgan fingerprint density at radius 2 is 1.35 bits per heavy atom. The van der Waals surface area contributed by atoms with Crippen LogP contribution in [0.25, 0.3) is 53.4 Å². The van der Waals surface area contributed by atoms with Crippen LogP contribution in [0.5, 0.6) is 0 Å². The number of halogens is 2. The van der Waals surface area contributed by atoms with Crippen molar-refractivity contribution in [2.24, 2.45) is 5.73 Å². The number of thiophene rings is 2. The summed E-state index contributed by atoms with van der Waals surface area (Å²) in [6.45, 7) is 12.7. The molecule has 11 heterocycles. The number of H-pyrrole nitrogens is 1. The molecule has 3 amide bonds. The molecule has 80 heavy (non-hydrogen) atoms. The third kappa shape index (κ3) is 10.5. The number of Topliss-reactive ketones (excluding diaryl/α,β-unsaturated/α-hetero) is 1. The summed E-state index contributed by atoms with van der Waals surface area (Å²) in [5, 5.41) is 6.50. The lowest BCUT2D eigenvalue weighted by Gasteiger charge is -2.37. The number of hydrogen-bond acceptors (Lipinski definition) is 18. The number of benzene rings is 2. The molecule has 0 radical (unpaired) electrons. The van der Waals surface area contributed by atoms with Crippen molar-refractivity contribution in [1.29, 1.82) is 0 Å². The minimum atomic E-state index is -0.966. The number of rotatable bonds is 8. The van der Waals surface area contributed by atoms with E-state index in [1.54, 1.807) is 62.7 Å². The molecule has 20 nitrogen and oxygen atoms in total. The third-order valence-electron chi connectivity index (χ3n) is 14.8. The average Bonchev–Trinajstić information content (AvgIpc) is 4.12. The zero-order chi connectivity index (χ0) is 56.1. The number of ketones is 1. The average molecular weight is 1130 g/mol. The first-order valence-corrected chi connectivity index (χ1v) is 28.0. The maximum absolute atomic E-state index is 15.2. The molecule has 5 aliphatic rings. The van der Waals surface area contributed by atoms with Crippen molar-refractivity contribution in [3.05, 3.63) is 106 Å². The number of nitrogens with one attached hydrogen (secondary N) is 2. The van der Waals surface area contributed by atoms with Crippen molar-refractivity contribution >= 4 is 124 Å². The van der Waals surface area contributed by atoms with Crippen LogP contribution in [-0.2, 0) is 35.1 Å². The number of nitrogens with zero attached hydrogens (tertiary/aromatic N) is 9. The number of carbonyl (C=O) groups is 6. The number of aromatic nitrogens is 6. The van der Waals surface area contributed by atoms with E-state index in [0.29, 0.717) is 61.9 Å². The third-order valence-corrected chi connectivity index (χ3v) is 16.7. The quantitative estimate of drug-likeness (QED) is 0.0595. The number of methoxy groups -OCH3 is 1. The van der Waals surface area contributed by atoms with E-state index in [1.807, 2.05) is 11.4 Å². The van der Waals surface area contributed by atoms with Crippen molar-refractivity contribution in [2.45, 2.75) is 70.6 Å². The molecule has 2 aromatic carbocycles. The SMILES string of the molecule is COC(=O)C(=O)c1cn(C(=O)OC(C)(C)C)c2ccsc12.NC(=O)Cc1nc(N2CCN3CCC[C@@H]3C2)nc2cccc(F)c12.O=C1NC(=O)C(c2nc(N3CCN4CCC[C@@H]4C3)nc3cccc(F)c23)=C1c1c[nH]c2ccsc12. The minimum absolute atomic E-state index is 0.0857. The van der Waals surface area contributed by atoms with Crippen molar-refractivity contribution in [3.63, 3.8) is 0 Å². The molecule has 5 aliphatic heterocycles. The summed E-state index contributed by atoms with van der Waals surface area (Å²) in [7, 11) is 1.14. The van der Waals surface area contributed by atoms with Gasteiger partial charge in [-0.2, -0.15) is 0 Å². The topological polar surface area (TPSA) is 244 Å². The maximum Gasteiger partial charge on any atom is 0.419 e. The molecule has 24 heteroatoms. The van der Waals surface area contributed by atoms with Gasteiger partial charge in [-0.1, -0.05) is 12.1 Å². The number of piperazine rings is 2. The van der Waals surface area contributed by atoms with Crippen LogP contribution in [0.2, 0.25) is 0 Å². The summed E-state index contributed by atoms with van der Waals surface area (Å²) < 4.78 is 41.8. The van der Waals surface area contributed by atoms with Crippen molar-refractivity contribution in [3.8, 4) is 0 Å². The Kier molecular flexibility index (Phi) is 14.7. The van der Waals surface area contributed by atoms with E-state index in [-0.39, 0.29) is 34.2 Å². The number of nitrogens with two attached hydrogens (primary N) is 1. The molecule has 4 N–H and O–H groups in total. The molecule has 414 valence electrons. The Balaban J connectivity index is 0.000000132. The standard InChI is InChI=1S/C25H21FN6O2S.C17H20FN5O.C14H15NO5S/c26-15-4-1-5-16-19(15)21(29-25(28-16)32-9-8-31-7-2-3-13(31)12-32)20-18(23(33)30-24(20)34)14-11-27-17-6-10-35-22(14)17;18-12-4-1-5-13-16(12)14(9-15(19)24)21-17(20-13)23-8-7-22-6-2-3-11(22)10-23;1-14(2,3)20-13(18)15-7-8(10(16)12(17)19-4)11-9(15)5-6-21-11/h1,4-6,10-11,13,27H,2-3,7-9,12H2,(H,30,33,34);1,4-5,11H,2-3,6-10H2,(H2,19,24);5-7H,1-4H3/t13-;11-;/m11./s1.